The molecular weight excluding hydrogens is 282 g/mol. The van der Waals surface area contributed by atoms with Crippen LogP contribution >= 0.6 is 11.6 Å². The number of hydrogen-bond donors (Lipinski definition) is 0. The molecule has 6 nitrogen and oxygen atoms in total. The number of aromatic nitrogens is 1. The van der Waals surface area contributed by atoms with Crippen molar-refractivity contribution in [3.05, 3.63) is 51.6 Å². The zero-order valence-electron chi connectivity index (χ0n) is 10.5. The number of hydrogen-bond acceptors (Lipinski definition) is 5. The summed E-state index contributed by atoms with van der Waals surface area (Å²) in [6.07, 6.45) is 3.69. The molecule has 2 aromatic rings. The first kappa shape index (κ1) is 12.9. The van der Waals surface area contributed by atoms with Gasteiger partial charge in [-0.2, -0.15) is 0 Å². The van der Waals surface area contributed by atoms with Gasteiger partial charge in [-0.05, 0) is 25.0 Å². The zero-order valence-corrected chi connectivity index (χ0v) is 11.3. The van der Waals surface area contributed by atoms with Gasteiger partial charge in [0.15, 0.2) is 0 Å². The Labute approximate surface area is 120 Å². The van der Waals surface area contributed by atoms with E-state index in [2.05, 4.69) is 4.98 Å². The van der Waals surface area contributed by atoms with Crippen LogP contribution in [0.4, 0.5) is 11.5 Å². The molecule has 1 fully saturated rings. The lowest BCUT2D eigenvalue weighted by atomic mass is 10.3. The minimum Gasteiger partial charge on any atom is -0.467 e. The Morgan fingerprint density at radius 2 is 2.30 bits per heavy atom. The van der Waals surface area contributed by atoms with Gasteiger partial charge in [-0.15, -0.1) is 0 Å². The van der Waals surface area contributed by atoms with Crippen molar-refractivity contribution in [2.45, 2.75) is 25.4 Å². The summed E-state index contributed by atoms with van der Waals surface area (Å²) in [5, 5.41) is 11.0. The summed E-state index contributed by atoms with van der Waals surface area (Å²) in [6.45, 7) is 0.530. The van der Waals surface area contributed by atoms with Gasteiger partial charge < -0.3 is 9.32 Å². The molecule has 7 heteroatoms. The fourth-order valence-corrected chi connectivity index (χ4v) is 2.27. The van der Waals surface area contributed by atoms with E-state index in [9.17, 15) is 10.1 Å². The van der Waals surface area contributed by atoms with Crippen molar-refractivity contribution in [2.75, 3.05) is 4.90 Å². The minimum absolute atomic E-state index is 0.0508. The fraction of sp³-hybridized carbons (Fsp3) is 0.308. The van der Waals surface area contributed by atoms with Crippen molar-refractivity contribution in [3.8, 4) is 0 Å². The topological polar surface area (TPSA) is 72.4 Å². The van der Waals surface area contributed by atoms with Crippen molar-refractivity contribution >= 4 is 23.1 Å². The highest BCUT2D eigenvalue weighted by Gasteiger charge is 2.31. The van der Waals surface area contributed by atoms with Crippen LogP contribution in [0.1, 0.15) is 18.6 Å². The summed E-state index contributed by atoms with van der Waals surface area (Å²) in [5.41, 5.74) is -0.0508. The van der Waals surface area contributed by atoms with E-state index in [-0.39, 0.29) is 10.8 Å². The maximum Gasteiger partial charge on any atom is 0.276 e. The molecule has 104 valence electrons. The van der Waals surface area contributed by atoms with E-state index in [0.717, 1.165) is 18.6 Å². The normalized spacial score (nSPS) is 14.2. The summed E-state index contributed by atoms with van der Waals surface area (Å²) >= 11 is 5.88. The van der Waals surface area contributed by atoms with Gasteiger partial charge in [0.25, 0.3) is 5.69 Å². The molecule has 0 amide bonds. The van der Waals surface area contributed by atoms with Crippen LogP contribution in [0.3, 0.4) is 0 Å². The molecular formula is C13H12ClN3O3. The van der Waals surface area contributed by atoms with Crippen molar-refractivity contribution < 1.29 is 9.34 Å². The van der Waals surface area contributed by atoms with Gasteiger partial charge in [0, 0.05) is 6.04 Å². The van der Waals surface area contributed by atoms with Crippen LogP contribution in [0.2, 0.25) is 5.15 Å². The molecule has 1 aliphatic rings. The Morgan fingerprint density at radius 1 is 1.50 bits per heavy atom. The molecule has 0 aromatic carbocycles. The van der Waals surface area contributed by atoms with Gasteiger partial charge in [-0.1, -0.05) is 11.6 Å². The molecule has 0 radical (unpaired) electrons. The predicted octanol–water partition coefficient (Wildman–Crippen LogP) is 3.41. The van der Waals surface area contributed by atoms with Gasteiger partial charge in [-0.3, -0.25) is 10.1 Å². The average molecular weight is 294 g/mol. The number of rotatable bonds is 5. The average Bonchev–Trinajstić information content (AvgIpc) is 3.12. The van der Waals surface area contributed by atoms with Crippen LogP contribution in [-0.2, 0) is 6.54 Å². The van der Waals surface area contributed by atoms with E-state index in [1.54, 1.807) is 6.26 Å². The molecule has 0 N–H and O–H groups in total. The molecule has 2 aromatic heterocycles. The third kappa shape index (κ3) is 2.75. The van der Waals surface area contributed by atoms with Gasteiger partial charge in [0.05, 0.1) is 29.9 Å². The highest BCUT2D eigenvalue weighted by molar-refractivity contribution is 6.29. The summed E-state index contributed by atoms with van der Waals surface area (Å²) in [7, 11) is 0. The van der Waals surface area contributed by atoms with Gasteiger partial charge in [0.2, 0.25) is 0 Å². The number of anilines is 1. The highest BCUT2D eigenvalue weighted by atomic mass is 35.5. The molecule has 2 heterocycles. The Hall–Kier alpha value is -2.08. The number of nitrogens with zero attached hydrogens (tertiary/aromatic N) is 3. The van der Waals surface area contributed by atoms with E-state index in [1.807, 2.05) is 17.0 Å². The summed E-state index contributed by atoms with van der Waals surface area (Å²) in [6, 6.07) is 6.73. The second-order valence-corrected chi connectivity index (χ2v) is 5.09. The maximum atomic E-state index is 10.9. The van der Waals surface area contributed by atoms with E-state index < -0.39 is 4.92 Å². The number of nitro groups is 1. The van der Waals surface area contributed by atoms with Crippen molar-refractivity contribution in [2.24, 2.45) is 0 Å². The molecule has 0 bridgehead atoms. The van der Waals surface area contributed by atoms with Crippen LogP contribution in [0.15, 0.2) is 34.9 Å². The van der Waals surface area contributed by atoms with E-state index in [4.69, 9.17) is 16.0 Å². The van der Waals surface area contributed by atoms with Crippen LogP contribution < -0.4 is 4.90 Å². The van der Waals surface area contributed by atoms with Gasteiger partial charge >= 0.3 is 0 Å². The Balaban J connectivity index is 1.93. The largest absolute Gasteiger partial charge is 0.467 e. The smallest absolute Gasteiger partial charge is 0.276 e. The summed E-state index contributed by atoms with van der Waals surface area (Å²) in [5.74, 6) is 1.31. The second kappa shape index (κ2) is 5.13. The lowest BCUT2D eigenvalue weighted by Crippen LogP contribution is -2.25. The third-order valence-electron chi connectivity index (χ3n) is 3.16. The third-order valence-corrected chi connectivity index (χ3v) is 3.36. The van der Waals surface area contributed by atoms with E-state index >= 15 is 0 Å². The predicted molar refractivity (Wildman–Crippen MR) is 73.8 cm³/mol. The van der Waals surface area contributed by atoms with Crippen LogP contribution in [-0.4, -0.2) is 15.9 Å². The molecule has 3 rings (SSSR count). The monoisotopic (exact) mass is 293 g/mol. The van der Waals surface area contributed by atoms with Crippen molar-refractivity contribution in [1.82, 2.24) is 4.98 Å². The first-order valence-corrected chi connectivity index (χ1v) is 6.62. The molecule has 0 saturated heterocycles. The van der Waals surface area contributed by atoms with E-state index in [0.29, 0.717) is 18.4 Å². The fourth-order valence-electron chi connectivity index (χ4n) is 2.08. The van der Waals surface area contributed by atoms with Gasteiger partial charge in [0.1, 0.15) is 16.7 Å². The zero-order chi connectivity index (χ0) is 14.1. The molecule has 0 aliphatic heterocycles. The molecule has 0 atom stereocenters. The SMILES string of the molecule is O=[N+]([O-])c1cc(Cl)nc(N(Cc2ccco2)C2CC2)c1. The van der Waals surface area contributed by atoms with Crippen LogP contribution in [0.5, 0.6) is 0 Å². The minimum atomic E-state index is -0.463. The van der Waals surface area contributed by atoms with Crippen LogP contribution in [0, 0.1) is 10.1 Å². The number of halogens is 1. The molecule has 20 heavy (non-hydrogen) atoms. The standard InChI is InChI=1S/C13H12ClN3O3/c14-12-6-10(17(18)19)7-13(15-12)16(9-3-4-9)8-11-2-1-5-20-11/h1-2,5-7,9H,3-4,8H2. The number of furan rings is 1. The number of pyridine rings is 1. The summed E-state index contributed by atoms with van der Waals surface area (Å²) in [4.78, 5) is 16.7. The second-order valence-electron chi connectivity index (χ2n) is 4.70. The van der Waals surface area contributed by atoms with E-state index in [1.165, 1.54) is 12.1 Å². The molecule has 0 unspecified atom stereocenters. The highest BCUT2D eigenvalue weighted by Crippen LogP contribution is 2.34. The Kier molecular flexibility index (Phi) is 3.31. The lowest BCUT2D eigenvalue weighted by Gasteiger charge is -2.22. The maximum absolute atomic E-state index is 10.9. The quantitative estimate of drug-likeness (QED) is 0.480. The first-order valence-electron chi connectivity index (χ1n) is 6.24. The Morgan fingerprint density at radius 3 is 2.90 bits per heavy atom. The molecule has 1 aliphatic carbocycles. The van der Waals surface area contributed by atoms with Gasteiger partial charge in [-0.25, -0.2) is 4.98 Å². The first-order chi connectivity index (χ1) is 9.63. The van der Waals surface area contributed by atoms with Crippen LogP contribution in [0.25, 0.3) is 0 Å². The molecule has 0 spiro atoms. The molecule has 1 saturated carbocycles. The summed E-state index contributed by atoms with van der Waals surface area (Å²) < 4.78 is 5.34. The lowest BCUT2D eigenvalue weighted by molar-refractivity contribution is -0.384. The Bertz CT molecular complexity index is 626. The van der Waals surface area contributed by atoms with Crippen molar-refractivity contribution in [3.63, 3.8) is 0 Å². The van der Waals surface area contributed by atoms with Crippen molar-refractivity contribution in [1.29, 1.82) is 0 Å².